The van der Waals surface area contributed by atoms with Crippen LogP contribution >= 0.6 is 0 Å². The zero-order valence-electron chi connectivity index (χ0n) is 12.3. The summed E-state index contributed by atoms with van der Waals surface area (Å²) >= 11 is 0. The number of nitrogens with zero attached hydrogens (tertiary/aromatic N) is 3. The van der Waals surface area contributed by atoms with Gasteiger partial charge in [-0.15, -0.1) is 0 Å². The van der Waals surface area contributed by atoms with Gasteiger partial charge in [0.05, 0.1) is 12.1 Å². The SMILES string of the molecule is O=C(NCc1ccccc1Cn1cncn1)c1ccccc1F. The third kappa shape index (κ3) is 3.60. The van der Waals surface area contributed by atoms with Crippen LogP contribution in [0, 0.1) is 5.82 Å². The summed E-state index contributed by atoms with van der Waals surface area (Å²) in [5.41, 5.74) is 2.01. The molecule has 23 heavy (non-hydrogen) atoms. The lowest BCUT2D eigenvalue weighted by Crippen LogP contribution is -2.24. The number of halogens is 1. The third-order valence-corrected chi connectivity index (χ3v) is 3.48. The first-order valence-electron chi connectivity index (χ1n) is 7.16. The standard InChI is InChI=1S/C17H15FN4O/c18-16-8-4-3-7-15(16)17(23)20-9-13-5-1-2-6-14(13)10-22-12-19-11-21-22/h1-8,11-12H,9-10H2,(H,20,23). The minimum absolute atomic E-state index is 0.0428. The van der Waals surface area contributed by atoms with Crippen LogP contribution in [0.15, 0.2) is 61.2 Å². The molecule has 1 N–H and O–H groups in total. The van der Waals surface area contributed by atoms with E-state index >= 15 is 0 Å². The first kappa shape index (κ1) is 14.9. The van der Waals surface area contributed by atoms with E-state index in [2.05, 4.69) is 15.4 Å². The van der Waals surface area contributed by atoms with Crippen LogP contribution in [0.4, 0.5) is 4.39 Å². The van der Waals surface area contributed by atoms with E-state index in [9.17, 15) is 9.18 Å². The van der Waals surface area contributed by atoms with Gasteiger partial charge in [0.15, 0.2) is 0 Å². The molecule has 0 fully saturated rings. The van der Waals surface area contributed by atoms with E-state index in [0.717, 1.165) is 11.1 Å². The van der Waals surface area contributed by atoms with Crippen molar-refractivity contribution in [3.8, 4) is 0 Å². The Morgan fingerprint density at radius 2 is 1.83 bits per heavy atom. The van der Waals surface area contributed by atoms with Crippen LogP contribution in [-0.2, 0) is 13.1 Å². The molecule has 0 radical (unpaired) electrons. The highest BCUT2D eigenvalue weighted by Gasteiger charge is 2.11. The number of hydrogen-bond acceptors (Lipinski definition) is 3. The Kier molecular flexibility index (Phi) is 4.42. The Hall–Kier alpha value is -3.02. The smallest absolute Gasteiger partial charge is 0.254 e. The van der Waals surface area contributed by atoms with Gasteiger partial charge < -0.3 is 5.32 Å². The number of aromatic nitrogens is 3. The Bertz CT molecular complexity index is 802. The highest BCUT2D eigenvalue weighted by molar-refractivity contribution is 5.94. The zero-order valence-corrected chi connectivity index (χ0v) is 12.3. The normalized spacial score (nSPS) is 10.5. The summed E-state index contributed by atoms with van der Waals surface area (Å²) in [4.78, 5) is 16.0. The van der Waals surface area contributed by atoms with Crippen molar-refractivity contribution in [1.29, 1.82) is 0 Å². The molecule has 0 saturated heterocycles. The fourth-order valence-corrected chi connectivity index (χ4v) is 2.29. The van der Waals surface area contributed by atoms with Crippen LogP contribution in [-0.4, -0.2) is 20.7 Å². The highest BCUT2D eigenvalue weighted by Crippen LogP contribution is 2.11. The summed E-state index contributed by atoms with van der Waals surface area (Å²) in [6.07, 6.45) is 3.11. The van der Waals surface area contributed by atoms with Gasteiger partial charge in [-0.3, -0.25) is 4.79 Å². The van der Waals surface area contributed by atoms with Crippen molar-refractivity contribution >= 4 is 5.91 Å². The maximum absolute atomic E-state index is 13.6. The largest absolute Gasteiger partial charge is 0.348 e. The van der Waals surface area contributed by atoms with Crippen LogP contribution in [0.5, 0.6) is 0 Å². The molecule has 0 aliphatic carbocycles. The second kappa shape index (κ2) is 6.83. The average Bonchev–Trinajstić information content (AvgIpc) is 3.07. The first-order chi connectivity index (χ1) is 11.2. The van der Waals surface area contributed by atoms with E-state index in [1.807, 2.05) is 24.3 Å². The molecule has 0 aliphatic rings. The van der Waals surface area contributed by atoms with Crippen molar-refractivity contribution < 1.29 is 9.18 Å². The van der Waals surface area contributed by atoms with Crippen molar-refractivity contribution in [3.63, 3.8) is 0 Å². The Labute approximate surface area is 132 Å². The van der Waals surface area contributed by atoms with Crippen LogP contribution in [0.1, 0.15) is 21.5 Å². The molecule has 5 nitrogen and oxygen atoms in total. The first-order valence-corrected chi connectivity index (χ1v) is 7.16. The van der Waals surface area contributed by atoms with Crippen LogP contribution in [0.25, 0.3) is 0 Å². The van der Waals surface area contributed by atoms with Gasteiger partial charge in [0.1, 0.15) is 18.5 Å². The molecule has 116 valence electrons. The topological polar surface area (TPSA) is 59.8 Å². The summed E-state index contributed by atoms with van der Waals surface area (Å²) in [6.45, 7) is 0.879. The van der Waals surface area contributed by atoms with Gasteiger partial charge >= 0.3 is 0 Å². The second-order valence-corrected chi connectivity index (χ2v) is 5.02. The van der Waals surface area contributed by atoms with E-state index in [1.165, 1.54) is 18.5 Å². The molecule has 2 aromatic carbocycles. The lowest BCUT2D eigenvalue weighted by molar-refractivity contribution is 0.0947. The summed E-state index contributed by atoms with van der Waals surface area (Å²) in [7, 11) is 0. The predicted molar refractivity (Wildman–Crippen MR) is 83.1 cm³/mol. The molecule has 6 heteroatoms. The Morgan fingerprint density at radius 3 is 2.57 bits per heavy atom. The van der Waals surface area contributed by atoms with Gasteiger partial charge in [0, 0.05) is 6.54 Å². The van der Waals surface area contributed by atoms with Crippen molar-refractivity contribution in [1.82, 2.24) is 20.1 Å². The lowest BCUT2D eigenvalue weighted by Gasteiger charge is -2.11. The molecule has 0 unspecified atom stereocenters. The second-order valence-electron chi connectivity index (χ2n) is 5.02. The Balaban J connectivity index is 1.71. The fraction of sp³-hybridized carbons (Fsp3) is 0.118. The van der Waals surface area contributed by atoms with E-state index in [4.69, 9.17) is 0 Å². The highest BCUT2D eigenvalue weighted by atomic mass is 19.1. The van der Waals surface area contributed by atoms with Crippen LogP contribution in [0.3, 0.4) is 0 Å². The molecule has 0 spiro atoms. The van der Waals surface area contributed by atoms with Crippen LogP contribution in [0.2, 0.25) is 0 Å². The molecule has 0 aliphatic heterocycles. The van der Waals surface area contributed by atoms with Gasteiger partial charge in [-0.2, -0.15) is 5.10 Å². The Morgan fingerprint density at radius 1 is 1.09 bits per heavy atom. The van der Waals surface area contributed by atoms with Gasteiger partial charge in [-0.25, -0.2) is 14.1 Å². The summed E-state index contributed by atoms with van der Waals surface area (Å²) in [5.74, 6) is -0.959. The molecule has 1 amide bonds. The molecule has 3 rings (SSSR count). The summed E-state index contributed by atoms with van der Waals surface area (Å²) in [6, 6.07) is 13.6. The quantitative estimate of drug-likeness (QED) is 0.787. The maximum atomic E-state index is 13.6. The number of carbonyl (C=O) groups is 1. The van der Waals surface area contributed by atoms with Crippen LogP contribution < -0.4 is 5.32 Å². The molecule has 1 aromatic heterocycles. The number of hydrogen-bond donors (Lipinski definition) is 1. The molecule has 0 bridgehead atoms. The maximum Gasteiger partial charge on any atom is 0.254 e. The molecule has 1 heterocycles. The number of benzene rings is 2. The molecular weight excluding hydrogens is 295 g/mol. The van der Waals surface area contributed by atoms with Crippen molar-refractivity contribution in [2.75, 3.05) is 0 Å². The fourth-order valence-electron chi connectivity index (χ4n) is 2.29. The van der Waals surface area contributed by atoms with Gasteiger partial charge in [0.2, 0.25) is 0 Å². The van der Waals surface area contributed by atoms with E-state index in [-0.39, 0.29) is 5.56 Å². The molecule has 0 saturated carbocycles. The van der Waals surface area contributed by atoms with E-state index < -0.39 is 11.7 Å². The number of nitrogens with one attached hydrogen (secondary N) is 1. The number of rotatable bonds is 5. The predicted octanol–water partition coefficient (Wildman–Crippen LogP) is 2.40. The van der Waals surface area contributed by atoms with Gasteiger partial charge in [0.25, 0.3) is 5.91 Å². The van der Waals surface area contributed by atoms with E-state index in [0.29, 0.717) is 13.1 Å². The van der Waals surface area contributed by atoms with Crippen molar-refractivity contribution in [2.24, 2.45) is 0 Å². The summed E-state index contributed by atoms with van der Waals surface area (Å²) in [5, 5.41) is 6.83. The lowest BCUT2D eigenvalue weighted by atomic mass is 10.1. The average molecular weight is 310 g/mol. The van der Waals surface area contributed by atoms with Gasteiger partial charge in [-0.05, 0) is 23.3 Å². The van der Waals surface area contributed by atoms with Crippen molar-refractivity contribution in [2.45, 2.75) is 13.1 Å². The molecular formula is C17H15FN4O. The minimum Gasteiger partial charge on any atom is -0.348 e. The van der Waals surface area contributed by atoms with Gasteiger partial charge in [-0.1, -0.05) is 36.4 Å². The van der Waals surface area contributed by atoms with Crippen molar-refractivity contribution in [3.05, 3.63) is 83.7 Å². The van der Waals surface area contributed by atoms with E-state index in [1.54, 1.807) is 23.1 Å². The third-order valence-electron chi connectivity index (χ3n) is 3.48. The number of amides is 1. The monoisotopic (exact) mass is 310 g/mol. The minimum atomic E-state index is -0.527. The molecule has 3 aromatic rings. The summed E-state index contributed by atoms with van der Waals surface area (Å²) < 4.78 is 15.3. The molecule has 0 atom stereocenters. The number of carbonyl (C=O) groups excluding carboxylic acids is 1. The zero-order chi connectivity index (χ0) is 16.1.